The van der Waals surface area contributed by atoms with Gasteiger partial charge in [-0.3, -0.25) is 0 Å². The van der Waals surface area contributed by atoms with Gasteiger partial charge in [-0.2, -0.15) is 0 Å². The van der Waals surface area contributed by atoms with Crippen molar-refractivity contribution < 1.29 is 0 Å². The van der Waals surface area contributed by atoms with E-state index in [0.29, 0.717) is 0 Å². The zero-order valence-electron chi connectivity index (χ0n) is 3.21. The van der Waals surface area contributed by atoms with Gasteiger partial charge in [0.15, 0.2) is 0 Å². The lowest BCUT2D eigenvalue weighted by Crippen LogP contribution is -1.35. The quantitative estimate of drug-likeness (QED) is 0.376. The molecule has 0 aliphatic rings. The lowest BCUT2D eigenvalue weighted by atomic mass is 11.9. The van der Waals surface area contributed by atoms with Crippen LogP contribution in [0.5, 0.6) is 0 Å². The molecule has 0 N–H and O–H groups in total. The second-order valence-corrected chi connectivity index (χ2v) is 3.62. The van der Waals surface area contributed by atoms with Gasteiger partial charge in [0.05, 0.1) is 0 Å². The molecule has 0 aromatic rings. The molecule has 0 aliphatic carbocycles. The number of hydrogen-bond donors (Lipinski definition) is 0. The summed E-state index contributed by atoms with van der Waals surface area (Å²) in [5, 5.41) is 0. The van der Waals surface area contributed by atoms with Gasteiger partial charge in [0.2, 0.25) is 0 Å². The minimum Gasteiger partial charge on any atom is -0.131 e. The van der Waals surface area contributed by atoms with Crippen LogP contribution in [0.3, 0.4) is 0 Å². The molecule has 0 nitrogen and oxygen atoms in total. The van der Waals surface area contributed by atoms with Crippen LogP contribution in [0.1, 0.15) is 0 Å². The van der Waals surface area contributed by atoms with Crippen molar-refractivity contribution >= 4 is 13.8 Å². The zero-order valence-corrected chi connectivity index (χ0v) is 4.21. The maximum Gasteiger partial charge on any atom is -0.0479 e. The molecule has 0 fully saturated rings. The van der Waals surface area contributed by atoms with Gasteiger partial charge in [-0.25, -0.2) is 0 Å². The van der Waals surface area contributed by atoms with Crippen LogP contribution in [-0.4, -0.2) is 19.6 Å². The molecule has 1 heteroatoms. The Bertz CT molecular complexity index is 26.3. The maximum absolute atomic E-state index is 3.74. The molecular formula is C3H9P. The molecule has 0 amide bonds. The van der Waals surface area contributed by atoms with Gasteiger partial charge in [0.25, 0.3) is 0 Å². The molecule has 0 atom stereocenters. The molecule has 0 spiro atoms. The summed E-state index contributed by atoms with van der Waals surface area (Å²) < 4.78 is 0. The normalized spacial score (nSPS) is 8.75. The molecular weight excluding hydrogens is 67.0 g/mol. The summed E-state index contributed by atoms with van der Waals surface area (Å²) in [6.07, 6.45) is 3.74. The fourth-order valence-corrected chi connectivity index (χ4v) is 0. The SMILES string of the molecule is C=[PH](C)C. The number of hydrogen-bond acceptors (Lipinski definition) is 0. The second kappa shape index (κ2) is 1.60. The largest absolute Gasteiger partial charge is 0.131 e. The van der Waals surface area contributed by atoms with Crippen LogP contribution >= 0.6 is 7.55 Å². The summed E-state index contributed by atoms with van der Waals surface area (Å²) in [7, 11) is -0.130. The van der Waals surface area contributed by atoms with E-state index in [9.17, 15) is 0 Å². The first-order valence-electron chi connectivity index (χ1n) is 1.35. The summed E-state index contributed by atoms with van der Waals surface area (Å²) >= 11 is 0. The summed E-state index contributed by atoms with van der Waals surface area (Å²) in [6, 6.07) is 0. The van der Waals surface area contributed by atoms with Gasteiger partial charge in [0.1, 0.15) is 0 Å². The van der Waals surface area contributed by atoms with Gasteiger partial charge in [0, 0.05) is 0 Å². The van der Waals surface area contributed by atoms with Crippen molar-refractivity contribution in [2.75, 3.05) is 13.3 Å². The van der Waals surface area contributed by atoms with Crippen LogP contribution in [-0.2, 0) is 0 Å². The van der Waals surface area contributed by atoms with E-state index in [2.05, 4.69) is 19.6 Å². The highest BCUT2D eigenvalue weighted by Gasteiger charge is 1.49. The van der Waals surface area contributed by atoms with Crippen molar-refractivity contribution in [3.05, 3.63) is 0 Å². The molecule has 0 bridgehead atoms. The van der Waals surface area contributed by atoms with E-state index in [1.54, 1.807) is 0 Å². The molecule has 0 aromatic carbocycles. The second-order valence-electron chi connectivity index (χ2n) is 1.21. The van der Waals surface area contributed by atoms with Gasteiger partial charge in [-0.15, -0.1) is 13.8 Å². The van der Waals surface area contributed by atoms with Crippen LogP contribution in [0.25, 0.3) is 0 Å². The Balaban J connectivity index is 2.80. The molecule has 0 heterocycles. The van der Waals surface area contributed by atoms with Gasteiger partial charge >= 0.3 is 0 Å². The first kappa shape index (κ1) is 4.30. The minimum atomic E-state index is -0.130. The van der Waals surface area contributed by atoms with Crippen molar-refractivity contribution in [1.82, 2.24) is 0 Å². The van der Waals surface area contributed by atoms with E-state index in [4.69, 9.17) is 0 Å². The van der Waals surface area contributed by atoms with Crippen LogP contribution in [0.15, 0.2) is 0 Å². The van der Waals surface area contributed by atoms with Crippen molar-refractivity contribution in [1.29, 1.82) is 0 Å². The molecule has 0 radical (unpaired) electrons. The summed E-state index contributed by atoms with van der Waals surface area (Å²) in [4.78, 5) is 0. The van der Waals surface area contributed by atoms with Crippen molar-refractivity contribution in [2.24, 2.45) is 0 Å². The Labute approximate surface area is 28.2 Å². The van der Waals surface area contributed by atoms with Crippen molar-refractivity contribution in [3.8, 4) is 0 Å². The topological polar surface area (TPSA) is 0 Å². The highest BCUT2D eigenvalue weighted by Crippen LogP contribution is 1.99. The maximum atomic E-state index is 3.74. The fourth-order valence-electron chi connectivity index (χ4n) is 0. The monoisotopic (exact) mass is 76.0 g/mol. The van der Waals surface area contributed by atoms with E-state index in [1.165, 1.54) is 0 Å². The predicted molar refractivity (Wildman–Crippen MR) is 27.3 cm³/mol. The van der Waals surface area contributed by atoms with E-state index in [1.807, 2.05) is 0 Å². The number of rotatable bonds is 0. The van der Waals surface area contributed by atoms with Crippen LogP contribution < -0.4 is 0 Å². The zero-order chi connectivity index (χ0) is 3.58. The first-order valence-corrected chi connectivity index (χ1v) is 4.06. The molecule has 0 saturated heterocycles. The van der Waals surface area contributed by atoms with Crippen LogP contribution in [0.2, 0.25) is 0 Å². The average molecular weight is 76.1 g/mol. The first-order chi connectivity index (χ1) is 1.73. The molecule has 0 aliphatic heterocycles. The van der Waals surface area contributed by atoms with E-state index in [-0.39, 0.29) is 7.55 Å². The van der Waals surface area contributed by atoms with Crippen molar-refractivity contribution in [3.63, 3.8) is 0 Å². The lowest BCUT2D eigenvalue weighted by molar-refractivity contribution is 2.30. The Hall–Kier alpha value is 0.300. The average Bonchev–Trinajstić information content (AvgIpc) is 0.811. The summed E-state index contributed by atoms with van der Waals surface area (Å²) in [5.74, 6) is 0. The van der Waals surface area contributed by atoms with Gasteiger partial charge < -0.3 is 0 Å². The van der Waals surface area contributed by atoms with Gasteiger partial charge in [-0.1, -0.05) is 0 Å². The van der Waals surface area contributed by atoms with Gasteiger partial charge in [-0.05, 0) is 13.3 Å². The Morgan fingerprint density at radius 2 is 1.50 bits per heavy atom. The molecule has 0 rings (SSSR count). The van der Waals surface area contributed by atoms with E-state index < -0.39 is 0 Å². The summed E-state index contributed by atoms with van der Waals surface area (Å²) in [6.45, 7) is 4.31. The fraction of sp³-hybridized carbons (Fsp3) is 0.667. The van der Waals surface area contributed by atoms with Crippen LogP contribution in [0.4, 0.5) is 0 Å². The smallest absolute Gasteiger partial charge is 0.0479 e. The molecule has 26 valence electrons. The standard InChI is InChI=1S/C3H9P/c1-4(2)3/h4H,1H2,2-3H3. The molecule has 0 saturated carbocycles. The molecule has 0 aromatic heterocycles. The van der Waals surface area contributed by atoms with E-state index in [0.717, 1.165) is 0 Å². The minimum absolute atomic E-state index is 0.130. The third-order valence-corrected chi connectivity index (χ3v) is 0. The highest BCUT2D eigenvalue weighted by atomic mass is 31.1. The Morgan fingerprint density at radius 1 is 1.50 bits per heavy atom. The molecule has 0 unspecified atom stereocenters. The highest BCUT2D eigenvalue weighted by molar-refractivity contribution is 7.54. The summed E-state index contributed by atoms with van der Waals surface area (Å²) in [5.41, 5.74) is 0. The van der Waals surface area contributed by atoms with Crippen LogP contribution in [0, 0.1) is 0 Å². The third-order valence-electron chi connectivity index (χ3n) is 0. The lowest BCUT2D eigenvalue weighted by Gasteiger charge is -1.68. The molecule has 4 heavy (non-hydrogen) atoms. The Kier molecular flexibility index (Phi) is 1.72. The van der Waals surface area contributed by atoms with E-state index >= 15 is 0 Å². The Morgan fingerprint density at radius 3 is 1.50 bits per heavy atom. The predicted octanol–water partition coefficient (Wildman–Crippen LogP) is 0.892. The van der Waals surface area contributed by atoms with Crippen molar-refractivity contribution in [2.45, 2.75) is 0 Å². The third kappa shape index (κ3) is 43.2.